The molecule has 0 aliphatic rings. The van der Waals surface area contributed by atoms with E-state index in [-0.39, 0.29) is 11.4 Å². The number of alkyl halides is 3. The number of nitrogens with one attached hydrogen (secondary N) is 3. The number of hydrogen-bond acceptors (Lipinski definition) is 5. The molecule has 3 aromatic rings. The molecule has 0 atom stereocenters. The van der Waals surface area contributed by atoms with Gasteiger partial charge in [0, 0.05) is 5.69 Å². The highest BCUT2D eigenvalue weighted by atomic mass is 19.4. The third kappa shape index (κ3) is 7.69. The quantitative estimate of drug-likeness (QED) is 0.259. The molecule has 0 aliphatic carbocycles. The van der Waals surface area contributed by atoms with E-state index in [2.05, 4.69) is 21.2 Å². The maximum absolute atomic E-state index is 13.0. The molecule has 0 spiro atoms. The summed E-state index contributed by atoms with van der Waals surface area (Å²) in [7, 11) is 0. The van der Waals surface area contributed by atoms with Crippen LogP contribution >= 0.6 is 0 Å². The average Bonchev–Trinajstić information content (AvgIpc) is 2.84. The summed E-state index contributed by atoms with van der Waals surface area (Å²) in [5, 5.41) is 8.34. The summed E-state index contributed by atoms with van der Waals surface area (Å²) in [5.74, 6) is -2.31. The molecule has 3 N–H and O–H groups in total. The van der Waals surface area contributed by atoms with Gasteiger partial charge >= 0.3 is 18.0 Å². The molecule has 0 heterocycles. The molecule has 3 rings (SSSR count). The Hall–Kier alpha value is -4.67. The van der Waals surface area contributed by atoms with Crippen molar-refractivity contribution in [3.05, 3.63) is 89.5 Å². The number of para-hydroxylation sites is 1. The van der Waals surface area contributed by atoms with Gasteiger partial charge in [0.25, 0.3) is 5.91 Å². The Labute approximate surface area is 204 Å². The molecule has 3 aromatic carbocycles. The van der Waals surface area contributed by atoms with Gasteiger partial charge in [0.05, 0.1) is 17.5 Å². The maximum Gasteiger partial charge on any atom is 0.418 e. The Morgan fingerprint density at radius 2 is 1.56 bits per heavy atom. The van der Waals surface area contributed by atoms with Crippen LogP contribution in [0.2, 0.25) is 0 Å². The van der Waals surface area contributed by atoms with Crippen LogP contribution in [0.4, 0.5) is 24.5 Å². The fourth-order valence-electron chi connectivity index (χ4n) is 2.87. The summed E-state index contributed by atoms with van der Waals surface area (Å²) in [6.07, 6.45) is -3.31. The molecule has 11 heteroatoms. The fraction of sp³-hybridized carbons (Fsp3) is 0.120. The summed E-state index contributed by atoms with van der Waals surface area (Å²) >= 11 is 0. The van der Waals surface area contributed by atoms with E-state index in [9.17, 15) is 27.6 Å². The van der Waals surface area contributed by atoms with Gasteiger partial charge in [-0.1, -0.05) is 29.8 Å². The molecule has 0 fully saturated rings. The first-order chi connectivity index (χ1) is 17.1. The lowest BCUT2D eigenvalue weighted by molar-refractivity contribution is -0.137. The zero-order valence-electron chi connectivity index (χ0n) is 18.9. The van der Waals surface area contributed by atoms with Crippen molar-refractivity contribution in [1.82, 2.24) is 5.43 Å². The van der Waals surface area contributed by atoms with Crippen molar-refractivity contribution in [2.45, 2.75) is 13.1 Å². The predicted octanol–water partition coefficient (Wildman–Crippen LogP) is 4.12. The summed E-state index contributed by atoms with van der Waals surface area (Å²) in [6.45, 7) is 1.39. The molecule has 36 heavy (non-hydrogen) atoms. The van der Waals surface area contributed by atoms with E-state index >= 15 is 0 Å². The lowest BCUT2D eigenvalue weighted by Gasteiger charge is -2.13. The third-order valence-corrected chi connectivity index (χ3v) is 4.65. The Kier molecular flexibility index (Phi) is 8.39. The number of aryl methyl sites for hydroxylation is 1. The maximum atomic E-state index is 13.0. The van der Waals surface area contributed by atoms with Gasteiger partial charge in [0.1, 0.15) is 5.75 Å². The smallest absolute Gasteiger partial charge is 0.418 e. The highest BCUT2D eigenvalue weighted by Crippen LogP contribution is 2.34. The Morgan fingerprint density at radius 1 is 0.889 bits per heavy atom. The molecule has 0 unspecified atom stereocenters. The van der Waals surface area contributed by atoms with E-state index in [1.807, 2.05) is 6.92 Å². The first-order valence-electron chi connectivity index (χ1n) is 10.5. The van der Waals surface area contributed by atoms with Crippen molar-refractivity contribution in [2.75, 3.05) is 17.2 Å². The molecule has 8 nitrogen and oxygen atoms in total. The summed E-state index contributed by atoms with van der Waals surface area (Å²) in [6, 6.07) is 17.7. The topological polar surface area (TPSA) is 109 Å². The SMILES string of the molecule is Cc1ccc(NC(=O)C(=O)N/N=C\c2ccc(OCC(=O)Nc3ccccc3C(F)(F)F)cc2)cc1. The first kappa shape index (κ1) is 25.9. The van der Waals surface area contributed by atoms with Crippen molar-refractivity contribution < 1.29 is 32.3 Å². The number of rotatable bonds is 7. The summed E-state index contributed by atoms with van der Waals surface area (Å²) < 4.78 is 44.4. The molecular weight excluding hydrogens is 477 g/mol. The van der Waals surface area contributed by atoms with Gasteiger partial charge in [0.15, 0.2) is 6.61 Å². The number of nitrogens with zero attached hydrogens (tertiary/aromatic N) is 1. The molecule has 0 radical (unpaired) electrons. The van der Waals surface area contributed by atoms with E-state index in [1.54, 1.807) is 36.4 Å². The van der Waals surface area contributed by atoms with Crippen LogP contribution in [0, 0.1) is 6.92 Å². The van der Waals surface area contributed by atoms with Crippen LogP contribution in [0.25, 0.3) is 0 Å². The molecule has 0 saturated carbocycles. The van der Waals surface area contributed by atoms with Gasteiger partial charge in [-0.05, 0) is 61.0 Å². The Morgan fingerprint density at radius 3 is 2.22 bits per heavy atom. The predicted molar refractivity (Wildman–Crippen MR) is 128 cm³/mol. The lowest BCUT2D eigenvalue weighted by Crippen LogP contribution is -2.32. The van der Waals surface area contributed by atoms with Gasteiger partial charge in [-0.15, -0.1) is 0 Å². The number of hydrogen-bond donors (Lipinski definition) is 3. The highest BCUT2D eigenvalue weighted by Gasteiger charge is 2.33. The fourth-order valence-corrected chi connectivity index (χ4v) is 2.87. The number of amides is 3. The number of hydrazone groups is 1. The van der Waals surface area contributed by atoms with E-state index in [0.717, 1.165) is 17.7 Å². The second kappa shape index (κ2) is 11.6. The van der Waals surface area contributed by atoms with Crippen LogP contribution in [0.3, 0.4) is 0 Å². The van der Waals surface area contributed by atoms with Crippen molar-refractivity contribution in [3.8, 4) is 5.75 Å². The van der Waals surface area contributed by atoms with Crippen molar-refractivity contribution in [3.63, 3.8) is 0 Å². The zero-order chi connectivity index (χ0) is 26.1. The van der Waals surface area contributed by atoms with Crippen LogP contribution in [-0.4, -0.2) is 30.5 Å². The molecule has 0 saturated heterocycles. The van der Waals surface area contributed by atoms with Gasteiger partial charge in [-0.3, -0.25) is 14.4 Å². The van der Waals surface area contributed by atoms with E-state index in [4.69, 9.17) is 4.74 Å². The van der Waals surface area contributed by atoms with Crippen molar-refractivity contribution in [2.24, 2.45) is 5.10 Å². The van der Waals surface area contributed by atoms with Crippen LogP contribution in [0.15, 0.2) is 77.9 Å². The number of halogens is 3. The molecule has 3 amide bonds. The Balaban J connectivity index is 1.46. The summed E-state index contributed by atoms with van der Waals surface area (Å²) in [4.78, 5) is 35.8. The van der Waals surface area contributed by atoms with Gasteiger partial charge in [0.2, 0.25) is 0 Å². The first-order valence-corrected chi connectivity index (χ1v) is 10.5. The Bertz CT molecular complexity index is 1260. The summed E-state index contributed by atoms with van der Waals surface area (Å²) in [5.41, 5.74) is 2.82. The monoisotopic (exact) mass is 498 g/mol. The lowest BCUT2D eigenvalue weighted by atomic mass is 10.1. The van der Waals surface area contributed by atoms with Crippen LogP contribution in [-0.2, 0) is 20.6 Å². The molecule has 0 aliphatic heterocycles. The highest BCUT2D eigenvalue weighted by molar-refractivity contribution is 6.39. The number of anilines is 2. The number of carbonyl (C=O) groups is 3. The number of ether oxygens (including phenoxy) is 1. The average molecular weight is 498 g/mol. The number of benzene rings is 3. The minimum atomic E-state index is -4.60. The molecule has 0 bridgehead atoms. The normalized spacial score (nSPS) is 11.1. The van der Waals surface area contributed by atoms with E-state index in [1.165, 1.54) is 30.5 Å². The minimum absolute atomic E-state index is 0.285. The third-order valence-electron chi connectivity index (χ3n) is 4.65. The molecular formula is C25H21F3N4O4. The van der Waals surface area contributed by atoms with E-state index in [0.29, 0.717) is 11.3 Å². The second-order valence-corrected chi connectivity index (χ2v) is 7.47. The van der Waals surface area contributed by atoms with Crippen LogP contribution < -0.4 is 20.8 Å². The van der Waals surface area contributed by atoms with E-state index < -0.39 is 36.1 Å². The van der Waals surface area contributed by atoms with Crippen molar-refractivity contribution in [1.29, 1.82) is 0 Å². The van der Waals surface area contributed by atoms with Gasteiger partial charge in [-0.2, -0.15) is 18.3 Å². The van der Waals surface area contributed by atoms with Gasteiger partial charge in [-0.25, -0.2) is 5.43 Å². The number of carbonyl (C=O) groups excluding carboxylic acids is 3. The molecule has 0 aromatic heterocycles. The minimum Gasteiger partial charge on any atom is -0.484 e. The molecule has 186 valence electrons. The second-order valence-electron chi connectivity index (χ2n) is 7.47. The van der Waals surface area contributed by atoms with Crippen molar-refractivity contribution >= 4 is 35.3 Å². The van der Waals surface area contributed by atoms with Crippen LogP contribution in [0.5, 0.6) is 5.75 Å². The van der Waals surface area contributed by atoms with Gasteiger partial charge < -0.3 is 15.4 Å². The van der Waals surface area contributed by atoms with Crippen LogP contribution in [0.1, 0.15) is 16.7 Å². The largest absolute Gasteiger partial charge is 0.484 e. The standard InChI is InChI=1S/C25H21F3N4O4/c1-16-6-10-18(11-7-16)30-23(34)24(35)32-29-14-17-8-12-19(13-9-17)36-15-22(33)31-21-5-3-2-4-20(21)25(26,27)28/h2-14H,15H2,1H3,(H,30,34)(H,31,33)(H,32,35)/b29-14-. The zero-order valence-corrected chi connectivity index (χ0v) is 18.9.